The van der Waals surface area contributed by atoms with Gasteiger partial charge >= 0.3 is 0 Å². The van der Waals surface area contributed by atoms with Gasteiger partial charge in [0.2, 0.25) is 5.95 Å². The van der Waals surface area contributed by atoms with Crippen LogP contribution in [0.15, 0.2) is 29.1 Å². The van der Waals surface area contributed by atoms with Crippen LogP contribution < -0.4 is 10.9 Å². The van der Waals surface area contributed by atoms with Gasteiger partial charge in [-0.3, -0.25) is 14.6 Å². The summed E-state index contributed by atoms with van der Waals surface area (Å²) in [6.45, 7) is 9.59. The van der Waals surface area contributed by atoms with Crippen LogP contribution >= 0.6 is 11.6 Å². The fourth-order valence-corrected chi connectivity index (χ4v) is 3.29. The molecule has 2 aromatic heterocycles. The van der Waals surface area contributed by atoms with E-state index < -0.39 is 11.7 Å². The summed E-state index contributed by atoms with van der Waals surface area (Å²) in [5.74, 6) is -0.601. The van der Waals surface area contributed by atoms with Gasteiger partial charge < -0.3 is 5.32 Å². The minimum Gasteiger partial charge on any atom is -0.306 e. The summed E-state index contributed by atoms with van der Waals surface area (Å²) in [6.07, 6.45) is 0.544. The number of amides is 1. The molecule has 0 fully saturated rings. The average molecular weight is 432 g/mol. The number of aromatic nitrogens is 4. The van der Waals surface area contributed by atoms with Crippen LogP contribution in [0.5, 0.6) is 0 Å². The molecular weight excluding hydrogens is 409 g/mol. The van der Waals surface area contributed by atoms with Crippen molar-refractivity contribution in [3.8, 4) is 5.95 Å². The van der Waals surface area contributed by atoms with E-state index in [4.69, 9.17) is 11.6 Å². The lowest BCUT2D eigenvalue weighted by Crippen LogP contribution is -2.28. The number of H-pyrrole nitrogens is 1. The van der Waals surface area contributed by atoms with Gasteiger partial charge in [0.05, 0.1) is 16.4 Å². The van der Waals surface area contributed by atoms with Crippen molar-refractivity contribution < 1.29 is 9.18 Å². The van der Waals surface area contributed by atoms with Gasteiger partial charge in [0.25, 0.3) is 11.5 Å². The number of nitrogens with zero attached hydrogens (tertiary/aromatic N) is 3. The molecule has 0 bridgehead atoms. The number of aromatic amines is 1. The van der Waals surface area contributed by atoms with Gasteiger partial charge in [-0.25, -0.2) is 9.37 Å². The molecule has 0 aliphatic rings. The topological polar surface area (TPSA) is 92.7 Å². The third kappa shape index (κ3) is 4.28. The smallest absolute Gasteiger partial charge is 0.256 e. The van der Waals surface area contributed by atoms with Crippen LogP contribution in [0, 0.1) is 12.7 Å². The molecule has 1 aromatic carbocycles. The number of hydrogen-bond acceptors (Lipinski definition) is 4. The van der Waals surface area contributed by atoms with Crippen LogP contribution in [0.1, 0.15) is 55.0 Å². The number of nitrogens with one attached hydrogen (secondary N) is 2. The molecule has 3 rings (SSSR count). The molecule has 0 radical (unpaired) electrons. The molecule has 7 nitrogen and oxygen atoms in total. The Morgan fingerprint density at radius 2 is 2.00 bits per heavy atom. The molecular formula is C21H23ClFN5O2. The van der Waals surface area contributed by atoms with E-state index in [1.165, 1.54) is 16.8 Å². The highest BCUT2D eigenvalue weighted by molar-refractivity contribution is 6.31. The number of rotatable bonds is 4. The van der Waals surface area contributed by atoms with Crippen molar-refractivity contribution in [1.29, 1.82) is 0 Å². The highest BCUT2D eigenvalue weighted by atomic mass is 35.5. The van der Waals surface area contributed by atoms with Crippen molar-refractivity contribution in [3.63, 3.8) is 0 Å². The van der Waals surface area contributed by atoms with Crippen LogP contribution in [-0.2, 0) is 11.8 Å². The number of anilines is 1. The molecule has 0 aliphatic heterocycles. The van der Waals surface area contributed by atoms with Crippen LogP contribution in [0.2, 0.25) is 5.02 Å². The number of halogens is 2. The maximum atomic E-state index is 13.4. The quantitative estimate of drug-likeness (QED) is 0.648. The molecule has 1 amide bonds. The fourth-order valence-electron chi connectivity index (χ4n) is 3.11. The Labute approximate surface area is 178 Å². The van der Waals surface area contributed by atoms with Gasteiger partial charge in [0.15, 0.2) is 0 Å². The van der Waals surface area contributed by atoms with Crippen LogP contribution in [0.3, 0.4) is 0 Å². The lowest BCUT2D eigenvalue weighted by Gasteiger charge is -2.21. The zero-order valence-corrected chi connectivity index (χ0v) is 18.2. The molecule has 3 aromatic rings. The Bertz CT molecular complexity index is 1180. The van der Waals surface area contributed by atoms with E-state index in [0.717, 1.165) is 6.07 Å². The standard InChI is InChI=1S/C21H23ClFN5O2/c1-6-13-17(21(3,4)5)25-20(26-19(13)30)28-16(9-11(2)27-28)24-18(29)12-7-8-15(23)14(22)10-12/h7-10H,6H2,1-5H3,(H,24,29)(H,25,26,30). The van der Waals surface area contributed by atoms with Gasteiger partial charge in [-0.1, -0.05) is 39.3 Å². The lowest BCUT2D eigenvalue weighted by atomic mass is 9.88. The van der Waals surface area contributed by atoms with E-state index >= 15 is 0 Å². The van der Waals surface area contributed by atoms with Gasteiger partial charge in [-0.2, -0.15) is 9.78 Å². The van der Waals surface area contributed by atoms with Gasteiger partial charge in [0, 0.05) is 22.6 Å². The molecule has 0 atom stereocenters. The summed E-state index contributed by atoms with van der Waals surface area (Å²) in [5.41, 5.74) is 1.47. The summed E-state index contributed by atoms with van der Waals surface area (Å²) in [4.78, 5) is 32.7. The second-order valence-electron chi connectivity index (χ2n) is 7.99. The first kappa shape index (κ1) is 21.7. The Kier molecular flexibility index (Phi) is 5.81. The largest absolute Gasteiger partial charge is 0.306 e. The zero-order chi connectivity index (χ0) is 22.2. The van der Waals surface area contributed by atoms with E-state index in [0.29, 0.717) is 29.2 Å². The van der Waals surface area contributed by atoms with E-state index in [1.807, 2.05) is 27.7 Å². The Hall–Kier alpha value is -3.00. The third-order valence-corrected chi connectivity index (χ3v) is 4.81. The predicted octanol–water partition coefficient (Wildman–Crippen LogP) is 4.17. The summed E-state index contributed by atoms with van der Waals surface area (Å²) >= 11 is 5.78. The number of carbonyl (C=O) groups is 1. The lowest BCUT2D eigenvalue weighted by molar-refractivity contribution is 0.102. The van der Waals surface area contributed by atoms with E-state index in [9.17, 15) is 14.0 Å². The molecule has 0 aliphatic carbocycles. The first-order valence-corrected chi connectivity index (χ1v) is 9.86. The molecule has 2 heterocycles. The molecule has 0 spiro atoms. The maximum Gasteiger partial charge on any atom is 0.256 e. The minimum atomic E-state index is -0.610. The first-order chi connectivity index (χ1) is 14.0. The number of aryl methyl sites for hydroxylation is 1. The first-order valence-electron chi connectivity index (χ1n) is 9.48. The number of carbonyl (C=O) groups excluding carboxylic acids is 1. The van der Waals surface area contributed by atoms with Crippen molar-refractivity contribution in [2.45, 2.75) is 46.5 Å². The van der Waals surface area contributed by atoms with Crippen molar-refractivity contribution in [2.75, 3.05) is 5.32 Å². The van der Waals surface area contributed by atoms with E-state index in [1.54, 1.807) is 13.0 Å². The molecule has 158 valence electrons. The predicted molar refractivity (Wildman–Crippen MR) is 114 cm³/mol. The molecule has 2 N–H and O–H groups in total. The van der Waals surface area contributed by atoms with Crippen LogP contribution in [-0.4, -0.2) is 25.7 Å². The molecule has 9 heteroatoms. The zero-order valence-electron chi connectivity index (χ0n) is 17.4. The van der Waals surface area contributed by atoms with E-state index in [-0.39, 0.29) is 27.5 Å². The molecule has 30 heavy (non-hydrogen) atoms. The summed E-state index contributed by atoms with van der Waals surface area (Å²) in [7, 11) is 0. The normalized spacial score (nSPS) is 11.6. The van der Waals surface area contributed by atoms with Crippen LogP contribution in [0.25, 0.3) is 5.95 Å². The fraction of sp³-hybridized carbons (Fsp3) is 0.333. The molecule has 0 saturated carbocycles. The van der Waals surface area contributed by atoms with Crippen LogP contribution in [0.4, 0.5) is 10.2 Å². The Morgan fingerprint density at radius 1 is 1.30 bits per heavy atom. The van der Waals surface area contributed by atoms with Crippen molar-refractivity contribution in [1.82, 2.24) is 19.7 Å². The van der Waals surface area contributed by atoms with Gasteiger partial charge in [-0.15, -0.1) is 0 Å². The SMILES string of the molecule is CCc1c(C(C)(C)C)nc(-n2nc(C)cc2NC(=O)c2ccc(F)c(Cl)c2)[nH]c1=O. The second kappa shape index (κ2) is 8.02. The van der Waals surface area contributed by atoms with Gasteiger partial charge in [0.1, 0.15) is 11.6 Å². The number of hydrogen-bond donors (Lipinski definition) is 2. The molecule has 0 unspecified atom stereocenters. The van der Waals surface area contributed by atoms with E-state index in [2.05, 4.69) is 20.4 Å². The Morgan fingerprint density at radius 3 is 2.60 bits per heavy atom. The Balaban J connectivity index is 2.05. The van der Waals surface area contributed by atoms with Crippen molar-refractivity contribution in [2.24, 2.45) is 0 Å². The van der Waals surface area contributed by atoms with Gasteiger partial charge in [-0.05, 0) is 31.5 Å². The average Bonchev–Trinajstić information content (AvgIpc) is 3.02. The second-order valence-corrected chi connectivity index (χ2v) is 8.39. The maximum absolute atomic E-state index is 13.4. The third-order valence-electron chi connectivity index (χ3n) is 4.52. The summed E-state index contributed by atoms with van der Waals surface area (Å²) in [5, 5.41) is 6.93. The highest BCUT2D eigenvalue weighted by Gasteiger charge is 2.24. The van der Waals surface area contributed by atoms with Crippen molar-refractivity contribution >= 4 is 23.3 Å². The molecule has 0 saturated heterocycles. The minimum absolute atomic E-state index is 0.150. The monoisotopic (exact) mass is 431 g/mol. The highest BCUT2D eigenvalue weighted by Crippen LogP contribution is 2.24. The van der Waals surface area contributed by atoms with Crippen molar-refractivity contribution in [3.05, 3.63) is 68.0 Å². The number of benzene rings is 1. The summed E-state index contributed by atoms with van der Waals surface area (Å²) in [6, 6.07) is 5.34. The summed E-state index contributed by atoms with van der Waals surface area (Å²) < 4.78 is 14.8.